The molecule has 1 N–H and O–H groups in total. The highest BCUT2D eigenvalue weighted by atomic mass is 32.2. The van der Waals surface area contributed by atoms with Gasteiger partial charge in [-0.25, -0.2) is 4.79 Å². The molecule has 0 atom stereocenters. The maximum Gasteiger partial charge on any atom is 0.349 e. The van der Waals surface area contributed by atoms with Gasteiger partial charge >= 0.3 is 16.1 Å². The van der Waals surface area contributed by atoms with E-state index in [1.807, 2.05) is 0 Å². The molecule has 20 heavy (non-hydrogen) atoms. The van der Waals surface area contributed by atoms with Crippen molar-refractivity contribution in [1.29, 1.82) is 0 Å². The van der Waals surface area contributed by atoms with Gasteiger partial charge < -0.3 is 9.29 Å². The molecule has 0 fully saturated rings. The van der Waals surface area contributed by atoms with E-state index in [-0.39, 0.29) is 11.0 Å². The Labute approximate surface area is 116 Å². The summed E-state index contributed by atoms with van der Waals surface area (Å²) in [5.74, 6) is -1.53. The number of carbonyl (C=O) groups is 1. The molecule has 2 aromatic rings. The molecular weight excluding hydrogens is 280 g/mol. The van der Waals surface area contributed by atoms with Gasteiger partial charge in [-0.2, -0.15) is 8.42 Å². The molecule has 0 aromatic heterocycles. The smallest absolute Gasteiger partial charge is 0.349 e. The largest absolute Gasteiger partial charge is 0.506 e. The van der Waals surface area contributed by atoms with E-state index in [0.29, 0.717) is 5.39 Å². The highest BCUT2D eigenvalue weighted by Gasteiger charge is 2.26. The van der Waals surface area contributed by atoms with Crippen molar-refractivity contribution in [1.82, 2.24) is 0 Å². The summed E-state index contributed by atoms with van der Waals surface area (Å²) in [5, 5.41) is 10.7. The minimum atomic E-state index is -4.42. The molecule has 0 heterocycles. The quantitative estimate of drug-likeness (QED) is 0.693. The molecule has 0 aliphatic heterocycles. The second-order valence-electron chi connectivity index (χ2n) is 4.24. The summed E-state index contributed by atoms with van der Waals surface area (Å²) >= 11 is 0. The summed E-state index contributed by atoms with van der Waals surface area (Å²) in [6, 6.07) is 9.38. The van der Waals surface area contributed by atoms with Crippen LogP contribution >= 0.6 is 0 Å². The standard InChI is InChI=1S/C14H12O5S/c1-9(2)14(16)19-20(17,18)13-11-6-4-3-5-10(11)7-8-12(13)15/h3-8,15H,1H2,2H3. The van der Waals surface area contributed by atoms with Gasteiger partial charge in [-0.1, -0.05) is 36.9 Å². The van der Waals surface area contributed by atoms with E-state index in [2.05, 4.69) is 10.8 Å². The highest BCUT2D eigenvalue weighted by Crippen LogP contribution is 2.32. The Morgan fingerprint density at radius 2 is 1.85 bits per heavy atom. The van der Waals surface area contributed by atoms with Crippen LogP contribution in [0.1, 0.15) is 6.92 Å². The van der Waals surface area contributed by atoms with Gasteiger partial charge in [0.1, 0.15) is 5.75 Å². The van der Waals surface area contributed by atoms with Gasteiger partial charge in [0, 0.05) is 11.0 Å². The number of hydrogen-bond donors (Lipinski definition) is 1. The lowest BCUT2D eigenvalue weighted by molar-refractivity contribution is -0.129. The molecule has 2 aromatic carbocycles. The van der Waals surface area contributed by atoms with Crippen molar-refractivity contribution >= 4 is 26.9 Å². The van der Waals surface area contributed by atoms with Gasteiger partial charge in [-0.3, -0.25) is 0 Å². The number of carbonyl (C=O) groups excluding carboxylic acids is 1. The molecule has 0 bridgehead atoms. The molecule has 0 radical (unpaired) electrons. The Morgan fingerprint density at radius 3 is 2.50 bits per heavy atom. The molecule has 0 unspecified atom stereocenters. The van der Waals surface area contributed by atoms with Crippen molar-refractivity contribution in [2.24, 2.45) is 0 Å². The number of phenolic OH excluding ortho intramolecular Hbond substituents is 1. The van der Waals surface area contributed by atoms with Crippen LogP contribution < -0.4 is 0 Å². The van der Waals surface area contributed by atoms with E-state index in [4.69, 9.17) is 0 Å². The Hall–Kier alpha value is -2.34. The van der Waals surface area contributed by atoms with Gasteiger partial charge in [-0.15, -0.1) is 0 Å². The van der Waals surface area contributed by atoms with Crippen LogP contribution in [0.4, 0.5) is 0 Å². The minimum Gasteiger partial charge on any atom is -0.506 e. The van der Waals surface area contributed by atoms with Crippen LogP contribution in [-0.2, 0) is 19.1 Å². The van der Waals surface area contributed by atoms with Crippen molar-refractivity contribution in [3.8, 4) is 5.75 Å². The summed E-state index contributed by atoms with van der Waals surface area (Å²) in [4.78, 5) is 11.0. The van der Waals surface area contributed by atoms with E-state index in [1.165, 1.54) is 19.1 Å². The van der Waals surface area contributed by atoms with E-state index in [0.717, 1.165) is 0 Å². The number of rotatable bonds is 3. The zero-order valence-electron chi connectivity index (χ0n) is 10.7. The van der Waals surface area contributed by atoms with Crippen molar-refractivity contribution in [3.63, 3.8) is 0 Å². The van der Waals surface area contributed by atoms with Crippen molar-refractivity contribution < 1.29 is 22.5 Å². The summed E-state index contributed by atoms with van der Waals surface area (Å²) < 4.78 is 28.7. The van der Waals surface area contributed by atoms with Crippen LogP contribution in [0.3, 0.4) is 0 Å². The lowest BCUT2D eigenvalue weighted by Gasteiger charge is -2.10. The fraction of sp³-hybridized carbons (Fsp3) is 0.0714. The van der Waals surface area contributed by atoms with Crippen LogP contribution in [0.25, 0.3) is 10.8 Å². The zero-order valence-corrected chi connectivity index (χ0v) is 11.5. The molecule has 0 aliphatic carbocycles. The van der Waals surface area contributed by atoms with E-state index >= 15 is 0 Å². The Balaban J connectivity index is 2.65. The topological polar surface area (TPSA) is 80.7 Å². The van der Waals surface area contributed by atoms with E-state index in [9.17, 15) is 18.3 Å². The van der Waals surface area contributed by atoms with Gasteiger partial charge in [0.25, 0.3) is 0 Å². The molecule has 0 aliphatic rings. The third-order valence-corrected chi connectivity index (χ3v) is 3.94. The van der Waals surface area contributed by atoms with Gasteiger partial charge in [0.15, 0.2) is 4.90 Å². The molecule has 0 saturated carbocycles. The zero-order chi connectivity index (χ0) is 14.9. The first-order chi connectivity index (χ1) is 9.33. The van der Waals surface area contributed by atoms with Gasteiger partial charge in [-0.05, 0) is 18.4 Å². The maximum absolute atomic E-state index is 12.1. The predicted molar refractivity (Wildman–Crippen MR) is 73.7 cm³/mol. The van der Waals surface area contributed by atoms with Gasteiger partial charge in [0.05, 0.1) is 0 Å². The molecule has 0 amide bonds. The van der Waals surface area contributed by atoms with Crippen molar-refractivity contribution in [2.75, 3.05) is 0 Å². The van der Waals surface area contributed by atoms with Crippen LogP contribution in [0, 0.1) is 0 Å². The number of hydrogen-bond acceptors (Lipinski definition) is 5. The second kappa shape index (κ2) is 4.97. The molecule has 104 valence electrons. The first-order valence-electron chi connectivity index (χ1n) is 5.68. The molecule has 2 rings (SSSR count). The lowest BCUT2D eigenvalue weighted by Crippen LogP contribution is -2.14. The van der Waals surface area contributed by atoms with E-state index < -0.39 is 26.7 Å². The number of aromatic hydroxyl groups is 1. The SMILES string of the molecule is C=C(C)C(=O)OS(=O)(=O)c1c(O)ccc2ccccc12. The third kappa shape index (κ3) is 2.50. The first kappa shape index (κ1) is 14.1. The molecular formula is C14H12O5S. The Kier molecular flexibility index (Phi) is 3.50. The summed E-state index contributed by atoms with van der Waals surface area (Å²) in [6.45, 7) is 4.65. The molecule has 0 saturated heterocycles. The number of fused-ring (bicyclic) bond motifs is 1. The van der Waals surface area contributed by atoms with Gasteiger partial charge in [0.2, 0.25) is 0 Å². The van der Waals surface area contributed by atoms with Crippen LogP contribution in [0.15, 0.2) is 53.4 Å². The summed E-state index contributed by atoms with van der Waals surface area (Å²) in [5.41, 5.74) is -0.0479. The van der Waals surface area contributed by atoms with Crippen molar-refractivity contribution in [3.05, 3.63) is 48.6 Å². The Morgan fingerprint density at radius 1 is 1.20 bits per heavy atom. The average Bonchev–Trinajstić information content (AvgIpc) is 2.37. The third-order valence-electron chi connectivity index (χ3n) is 2.64. The fourth-order valence-electron chi connectivity index (χ4n) is 1.71. The lowest BCUT2D eigenvalue weighted by atomic mass is 10.1. The van der Waals surface area contributed by atoms with Crippen LogP contribution in [-0.4, -0.2) is 19.5 Å². The summed E-state index contributed by atoms with van der Waals surface area (Å²) in [6.07, 6.45) is 0. The summed E-state index contributed by atoms with van der Waals surface area (Å²) in [7, 11) is -4.42. The van der Waals surface area contributed by atoms with E-state index in [1.54, 1.807) is 24.3 Å². The number of benzene rings is 2. The first-order valence-corrected chi connectivity index (χ1v) is 7.09. The average molecular weight is 292 g/mol. The van der Waals surface area contributed by atoms with Crippen LogP contribution in [0.5, 0.6) is 5.75 Å². The fourth-order valence-corrected chi connectivity index (χ4v) is 2.91. The number of phenols is 1. The molecule has 6 heteroatoms. The molecule has 5 nitrogen and oxygen atoms in total. The normalized spacial score (nSPS) is 11.2. The highest BCUT2D eigenvalue weighted by molar-refractivity contribution is 7.87. The monoisotopic (exact) mass is 292 g/mol. The molecule has 0 spiro atoms. The van der Waals surface area contributed by atoms with Crippen molar-refractivity contribution in [2.45, 2.75) is 11.8 Å². The second-order valence-corrected chi connectivity index (χ2v) is 5.72. The van der Waals surface area contributed by atoms with Crippen LogP contribution in [0.2, 0.25) is 0 Å². The minimum absolute atomic E-state index is 0.0479. The Bertz CT molecular complexity index is 805. The maximum atomic E-state index is 12.1. The predicted octanol–water partition coefficient (Wildman–Crippen LogP) is 2.35.